The van der Waals surface area contributed by atoms with Gasteiger partial charge in [-0.1, -0.05) is 17.4 Å². The number of rotatable bonds is 4. The van der Waals surface area contributed by atoms with Gasteiger partial charge in [-0.25, -0.2) is 8.78 Å². The first-order valence-electron chi connectivity index (χ1n) is 13.2. The number of halogens is 2. The smallest absolute Gasteiger partial charge is 0.278 e. The van der Waals surface area contributed by atoms with Crippen molar-refractivity contribution < 1.29 is 23.5 Å². The standard InChI is InChI=1S/C27H28F2N6O4S/c1-3-34-25(39)21-23(38)22(37)17(24-32-31-20(40-24)12-15-4-5-16(28)13-18(15)29)14-35(21)33(2)27(34)10-8-26(9-11-27)7-6-19(36)30-26/h4-5,13-14,38H,3,6-12H2,1-2H3,(H,30,36). The highest BCUT2D eigenvalue weighted by molar-refractivity contribution is 7.14. The second kappa shape index (κ2) is 9.36. The summed E-state index contributed by atoms with van der Waals surface area (Å²) < 4.78 is 29.0. The van der Waals surface area contributed by atoms with Gasteiger partial charge in [-0.05, 0) is 50.7 Å². The zero-order chi connectivity index (χ0) is 28.4. The minimum absolute atomic E-state index is 0.0484. The Hall–Kier alpha value is -3.87. The SMILES string of the molecule is CCN1C(=O)c2c(O)c(=O)c(-c3nnc(Cc4ccc(F)cc4F)s3)cn2N(C)C12CCC1(CCC(=O)N1)CC2. The number of fused-ring (bicyclic) bond motifs is 1. The molecule has 2 aromatic heterocycles. The third kappa shape index (κ3) is 3.97. The van der Waals surface area contributed by atoms with Crippen LogP contribution in [0.4, 0.5) is 8.78 Å². The summed E-state index contributed by atoms with van der Waals surface area (Å²) in [5.41, 5.74) is -1.59. The Morgan fingerprint density at radius 1 is 1.10 bits per heavy atom. The molecule has 1 aromatic carbocycles. The molecule has 1 saturated carbocycles. The Balaban J connectivity index is 1.37. The van der Waals surface area contributed by atoms with Crippen LogP contribution in [-0.4, -0.2) is 61.5 Å². The molecular formula is C27H28F2N6O4S. The number of carbonyl (C=O) groups excluding carboxylic acids is 2. The maximum atomic E-state index is 14.2. The summed E-state index contributed by atoms with van der Waals surface area (Å²) in [5.74, 6) is -2.47. The zero-order valence-corrected chi connectivity index (χ0v) is 22.9. The molecule has 4 heterocycles. The van der Waals surface area contributed by atoms with Crippen LogP contribution in [-0.2, 0) is 11.2 Å². The van der Waals surface area contributed by atoms with E-state index in [2.05, 4.69) is 15.5 Å². The van der Waals surface area contributed by atoms with E-state index in [1.165, 1.54) is 16.9 Å². The van der Waals surface area contributed by atoms with E-state index >= 15 is 0 Å². The quantitative estimate of drug-likeness (QED) is 0.495. The second-order valence-electron chi connectivity index (χ2n) is 10.7. The van der Waals surface area contributed by atoms with E-state index in [1.54, 1.807) is 4.90 Å². The normalized spacial score (nSPS) is 24.2. The molecule has 40 heavy (non-hydrogen) atoms. The molecular weight excluding hydrogens is 542 g/mol. The van der Waals surface area contributed by atoms with Crippen molar-refractivity contribution in [2.45, 2.75) is 63.1 Å². The summed E-state index contributed by atoms with van der Waals surface area (Å²) in [7, 11) is 1.82. The highest BCUT2D eigenvalue weighted by Crippen LogP contribution is 2.46. The van der Waals surface area contributed by atoms with Crippen molar-refractivity contribution in [1.29, 1.82) is 0 Å². The van der Waals surface area contributed by atoms with Crippen LogP contribution in [0.1, 0.15) is 66.5 Å². The van der Waals surface area contributed by atoms with E-state index in [0.717, 1.165) is 29.9 Å². The van der Waals surface area contributed by atoms with Crippen molar-refractivity contribution in [2.24, 2.45) is 0 Å². The molecule has 2 spiro atoms. The van der Waals surface area contributed by atoms with E-state index < -0.39 is 34.4 Å². The van der Waals surface area contributed by atoms with E-state index in [-0.39, 0.29) is 39.7 Å². The van der Waals surface area contributed by atoms with Crippen molar-refractivity contribution in [3.63, 3.8) is 0 Å². The molecule has 1 saturated heterocycles. The van der Waals surface area contributed by atoms with Crippen LogP contribution in [0, 0.1) is 11.6 Å². The summed E-state index contributed by atoms with van der Waals surface area (Å²) in [6.07, 6.45) is 5.39. The molecule has 6 rings (SSSR count). The van der Waals surface area contributed by atoms with Gasteiger partial charge < -0.3 is 15.3 Å². The minimum atomic E-state index is -0.757. The largest absolute Gasteiger partial charge is 0.502 e. The Kier molecular flexibility index (Phi) is 6.17. The Morgan fingerprint density at radius 2 is 1.85 bits per heavy atom. The average Bonchev–Trinajstić information content (AvgIpc) is 3.54. The van der Waals surface area contributed by atoms with Crippen molar-refractivity contribution in [3.8, 4) is 16.3 Å². The number of hydrogen-bond acceptors (Lipinski definition) is 8. The van der Waals surface area contributed by atoms with Gasteiger partial charge in [0.1, 0.15) is 22.3 Å². The molecule has 3 aliphatic rings. The third-order valence-electron chi connectivity index (χ3n) is 8.65. The fourth-order valence-corrected chi connectivity index (χ4v) is 7.31. The van der Waals surface area contributed by atoms with Gasteiger partial charge in [0.15, 0.2) is 16.5 Å². The summed E-state index contributed by atoms with van der Waals surface area (Å²) in [4.78, 5) is 40.7. The van der Waals surface area contributed by atoms with Crippen LogP contribution in [0.15, 0.2) is 29.2 Å². The van der Waals surface area contributed by atoms with Gasteiger partial charge >= 0.3 is 0 Å². The highest BCUT2D eigenvalue weighted by Gasteiger charge is 2.54. The summed E-state index contributed by atoms with van der Waals surface area (Å²) in [6.45, 7) is 2.23. The third-order valence-corrected chi connectivity index (χ3v) is 9.61. The van der Waals surface area contributed by atoms with Gasteiger partial charge in [0.2, 0.25) is 11.3 Å². The van der Waals surface area contributed by atoms with Crippen LogP contribution in [0.5, 0.6) is 5.75 Å². The van der Waals surface area contributed by atoms with E-state index in [1.807, 2.05) is 19.0 Å². The average molecular weight is 571 g/mol. The summed E-state index contributed by atoms with van der Waals surface area (Å²) in [6, 6.07) is 3.28. The maximum absolute atomic E-state index is 14.2. The number of aromatic hydroxyl groups is 1. The van der Waals surface area contributed by atoms with Gasteiger partial charge in [-0.3, -0.25) is 24.1 Å². The molecule has 0 unspecified atom stereocenters. The molecule has 1 aliphatic carbocycles. The molecule has 0 radical (unpaired) electrons. The van der Waals surface area contributed by atoms with Gasteiger partial charge in [0.05, 0.1) is 5.56 Å². The lowest BCUT2D eigenvalue weighted by Gasteiger charge is -2.58. The molecule has 0 atom stereocenters. The number of hydrogen-bond donors (Lipinski definition) is 2. The number of amides is 2. The van der Waals surface area contributed by atoms with E-state index in [0.29, 0.717) is 43.7 Å². The van der Waals surface area contributed by atoms with Gasteiger partial charge in [-0.2, -0.15) is 0 Å². The van der Waals surface area contributed by atoms with Crippen molar-refractivity contribution in [3.05, 3.63) is 62.5 Å². The topological polar surface area (TPSA) is 121 Å². The van der Waals surface area contributed by atoms with E-state index in [9.17, 15) is 28.3 Å². The number of nitrogens with one attached hydrogen (secondary N) is 1. The molecule has 2 N–H and O–H groups in total. The van der Waals surface area contributed by atoms with Crippen molar-refractivity contribution in [2.75, 3.05) is 18.6 Å². The Morgan fingerprint density at radius 3 is 2.50 bits per heavy atom. The lowest BCUT2D eigenvalue weighted by atomic mass is 9.74. The number of nitrogens with zero attached hydrogens (tertiary/aromatic N) is 5. The van der Waals surface area contributed by atoms with Crippen LogP contribution in [0.2, 0.25) is 0 Å². The second-order valence-corrected chi connectivity index (χ2v) is 11.8. The molecule has 13 heteroatoms. The predicted molar refractivity (Wildman–Crippen MR) is 143 cm³/mol. The molecule has 0 bridgehead atoms. The summed E-state index contributed by atoms with van der Waals surface area (Å²) in [5, 5.41) is 24.8. The van der Waals surface area contributed by atoms with Crippen molar-refractivity contribution in [1.82, 2.24) is 25.1 Å². The molecule has 2 aliphatic heterocycles. The number of pyridine rings is 1. The maximum Gasteiger partial charge on any atom is 0.278 e. The van der Waals surface area contributed by atoms with Gasteiger partial charge in [-0.15, -0.1) is 10.2 Å². The molecule has 3 aromatic rings. The van der Waals surface area contributed by atoms with E-state index in [4.69, 9.17) is 0 Å². The fourth-order valence-electron chi connectivity index (χ4n) is 6.44. The molecule has 210 valence electrons. The number of benzene rings is 1. The Labute approximate surface area is 232 Å². The highest BCUT2D eigenvalue weighted by atomic mass is 32.1. The number of carbonyl (C=O) groups is 2. The molecule has 2 fully saturated rings. The lowest BCUT2D eigenvalue weighted by molar-refractivity contribution is -0.120. The number of aromatic nitrogens is 3. The molecule has 10 nitrogen and oxygen atoms in total. The predicted octanol–water partition coefficient (Wildman–Crippen LogP) is 2.90. The summed E-state index contributed by atoms with van der Waals surface area (Å²) >= 11 is 1.05. The molecule has 2 amide bonds. The fraction of sp³-hybridized carbons (Fsp3) is 0.444. The lowest BCUT2D eigenvalue weighted by Crippen LogP contribution is -2.71. The first-order chi connectivity index (χ1) is 19.1. The van der Waals surface area contributed by atoms with Crippen molar-refractivity contribution >= 4 is 23.2 Å². The first-order valence-corrected chi connectivity index (χ1v) is 14.0. The van der Waals surface area contributed by atoms with Crippen LogP contribution >= 0.6 is 11.3 Å². The van der Waals surface area contributed by atoms with Gasteiger partial charge in [0, 0.05) is 44.2 Å². The minimum Gasteiger partial charge on any atom is -0.502 e. The first kappa shape index (κ1) is 26.4. The monoisotopic (exact) mass is 570 g/mol. The van der Waals surface area contributed by atoms with Crippen LogP contribution < -0.4 is 15.8 Å². The Bertz CT molecular complexity index is 1600. The van der Waals surface area contributed by atoms with Crippen LogP contribution in [0.25, 0.3) is 10.6 Å². The zero-order valence-electron chi connectivity index (χ0n) is 22.0. The van der Waals surface area contributed by atoms with Gasteiger partial charge in [0.25, 0.3) is 5.91 Å². The van der Waals surface area contributed by atoms with Crippen LogP contribution in [0.3, 0.4) is 0 Å².